The summed E-state index contributed by atoms with van der Waals surface area (Å²) in [6.45, 7) is 5.23. The predicted octanol–water partition coefficient (Wildman–Crippen LogP) is 1.71. The summed E-state index contributed by atoms with van der Waals surface area (Å²) in [6, 6.07) is 10.3. The first-order valence-electron chi connectivity index (χ1n) is 9.41. The molecule has 2 atom stereocenters. The second-order valence-electron chi connectivity index (χ2n) is 7.46. The van der Waals surface area contributed by atoms with E-state index >= 15 is 0 Å². The number of aryl methyl sites for hydroxylation is 1. The molecule has 4 rings (SSSR count). The van der Waals surface area contributed by atoms with E-state index < -0.39 is 9.84 Å². The van der Waals surface area contributed by atoms with E-state index in [9.17, 15) is 8.42 Å². The Kier molecular flexibility index (Phi) is 5.16. The van der Waals surface area contributed by atoms with Crippen molar-refractivity contribution < 1.29 is 8.42 Å². The lowest BCUT2D eigenvalue weighted by atomic mass is 10.0. The zero-order valence-electron chi connectivity index (χ0n) is 15.6. The number of benzene rings is 1. The molecule has 0 amide bonds. The lowest BCUT2D eigenvalue weighted by molar-refractivity contribution is 0.0471. The molecule has 2 aromatic rings. The highest BCUT2D eigenvalue weighted by Gasteiger charge is 2.46. The molecule has 2 fully saturated rings. The number of nitrogens with one attached hydrogen (secondary N) is 1. The summed E-state index contributed by atoms with van der Waals surface area (Å²) in [5.41, 5.74) is 3.23. The minimum atomic E-state index is -3.00. The van der Waals surface area contributed by atoms with Crippen molar-refractivity contribution in [3.63, 3.8) is 0 Å². The number of piperazine rings is 1. The summed E-state index contributed by atoms with van der Waals surface area (Å²) >= 11 is 0. The maximum absolute atomic E-state index is 12.4. The smallest absolute Gasteiger partial charge is 0.153 e. The number of aromatic amines is 1. The van der Waals surface area contributed by atoms with Gasteiger partial charge in [0.25, 0.3) is 0 Å². The van der Waals surface area contributed by atoms with Crippen molar-refractivity contribution in [3.8, 4) is 0 Å². The zero-order chi connectivity index (χ0) is 18.9. The lowest BCUT2D eigenvalue weighted by Crippen LogP contribution is -2.58. The van der Waals surface area contributed by atoms with E-state index in [1.807, 2.05) is 25.1 Å². The van der Waals surface area contributed by atoms with Crippen molar-refractivity contribution in [2.45, 2.75) is 25.6 Å². The first-order valence-corrected chi connectivity index (χ1v) is 11.2. The van der Waals surface area contributed by atoms with Gasteiger partial charge in [-0.25, -0.2) is 13.4 Å². The second-order valence-corrected chi connectivity index (χ2v) is 9.62. The minimum Gasteiger partial charge on any atom is -0.348 e. The van der Waals surface area contributed by atoms with Gasteiger partial charge < -0.3 is 4.98 Å². The van der Waals surface area contributed by atoms with Crippen LogP contribution in [0.5, 0.6) is 0 Å². The van der Waals surface area contributed by atoms with Gasteiger partial charge in [-0.05, 0) is 12.5 Å². The quantitative estimate of drug-likeness (QED) is 0.847. The number of fused-ring (bicyclic) bond motifs is 1. The Hall–Kier alpha value is -1.96. The number of aromatic nitrogens is 2. The number of H-pyrrole nitrogens is 1. The van der Waals surface area contributed by atoms with E-state index in [0.717, 1.165) is 31.0 Å². The molecule has 27 heavy (non-hydrogen) atoms. The molecule has 0 bridgehead atoms. The van der Waals surface area contributed by atoms with Gasteiger partial charge in [-0.2, -0.15) is 0 Å². The van der Waals surface area contributed by atoms with Crippen LogP contribution in [0, 0.1) is 6.92 Å². The Morgan fingerprint density at radius 3 is 2.56 bits per heavy atom. The molecule has 0 unspecified atom stereocenters. The van der Waals surface area contributed by atoms with Crippen molar-refractivity contribution in [2.24, 2.45) is 0 Å². The van der Waals surface area contributed by atoms with E-state index in [4.69, 9.17) is 0 Å². The average molecular weight is 387 g/mol. The van der Waals surface area contributed by atoms with Crippen molar-refractivity contribution in [1.82, 2.24) is 19.8 Å². The van der Waals surface area contributed by atoms with Crippen molar-refractivity contribution in [1.29, 1.82) is 0 Å². The Balaban J connectivity index is 1.47. The zero-order valence-corrected chi connectivity index (χ0v) is 16.4. The standard InChI is InChI=1S/C20H26N4O2S/c1-16-18(22-15-21-16)12-24-11-10-23(19-13-27(25,26)14-20(19)24)9-5-8-17-6-3-2-4-7-17/h2-8,15,19-20H,9-14H2,1H3,(H,21,22)/b8-5+/t19-,20+/m1/s1. The summed E-state index contributed by atoms with van der Waals surface area (Å²) in [5, 5.41) is 0. The molecule has 1 N–H and O–H groups in total. The molecule has 144 valence electrons. The molecule has 7 heteroatoms. The van der Waals surface area contributed by atoms with Crippen molar-refractivity contribution >= 4 is 15.9 Å². The third-order valence-corrected chi connectivity index (χ3v) is 7.34. The molecule has 0 radical (unpaired) electrons. The van der Waals surface area contributed by atoms with Gasteiger partial charge in [0.05, 0.1) is 23.5 Å². The first kappa shape index (κ1) is 18.4. The van der Waals surface area contributed by atoms with Crippen molar-refractivity contribution in [2.75, 3.05) is 31.1 Å². The van der Waals surface area contributed by atoms with E-state index in [1.54, 1.807) is 6.33 Å². The van der Waals surface area contributed by atoms with Crippen LogP contribution in [0.2, 0.25) is 0 Å². The topological polar surface area (TPSA) is 69.3 Å². The Bertz CT molecular complexity index is 907. The molecule has 1 aromatic heterocycles. The maximum Gasteiger partial charge on any atom is 0.153 e. The van der Waals surface area contributed by atoms with Crippen LogP contribution in [0.4, 0.5) is 0 Å². The molecule has 6 nitrogen and oxygen atoms in total. The van der Waals surface area contributed by atoms with Gasteiger partial charge >= 0.3 is 0 Å². The monoisotopic (exact) mass is 386 g/mol. The third kappa shape index (κ3) is 4.15. The molecule has 2 saturated heterocycles. The third-order valence-electron chi connectivity index (χ3n) is 5.64. The number of hydrogen-bond donors (Lipinski definition) is 1. The molecule has 1 aromatic carbocycles. The summed E-state index contributed by atoms with van der Waals surface area (Å²) < 4.78 is 24.7. The number of imidazole rings is 1. The van der Waals surface area contributed by atoms with Crippen LogP contribution < -0.4 is 0 Å². The highest BCUT2D eigenvalue weighted by molar-refractivity contribution is 7.91. The van der Waals surface area contributed by atoms with E-state index in [0.29, 0.717) is 6.54 Å². The second kappa shape index (κ2) is 7.58. The Morgan fingerprint density at radius 1 is 1.15 bits per heavy atom. The van der Waals surface area contributed by atoms with E-state index in [-0.39, 0.29) is 23.6 Å². The minimum absolute atomic E-state index is 0.0463. The van der Waals surface area contributed by atoms with Gasteiger partial charge in [-0.3, -0.25) is 9.80 Å². The Labute approximate surface area is 160 Å². The number of hydrogen-bond acceptors (Lipinski definition) is 5. The molecule has 0 saturated carbocycles. The normalized spacial score (nSPS) is 25.8. The molecular weight excluding hydrogens is 360 g/mol. The highest BCUT2D eigenvalue weighted by atomic mass is 32.2. The largest absolute Gasteiger partial charge is 0.348 e. The number of rotatable bonds is 5. The van der Waals surface area contributed by atoms with Gasteiger partial charge in [0.1, 0.15) is 0 Å². The van der Waals surface area contributed by atoms with Gasteiger partial charge in [-0.15, -0.1) is 0 Å². The van der Waals surface area contributed by atoms with Crippen LogP contribution in [-0.2, 0) is 16.4 Å². The molecule has 2 aliphatic heterocycles. The highest BCUT2D eigenvalue weighted by Crippen LogP contribution is 2.28. The molecule has 0 spiro atoms. The lowest BCUT2D eigenvalue weighted by Gasteiger charge is -2.43. The van der Waals surface area contributed by atoms with E-state index in [2.05, 4.69) is 44.1 Å². The molecule has 0 aliphatic carbocycles. The van der Waals surface area contributed by atoms with Crippen molar-refractivity contribution in [3.05, 3.63) is 59.7 Å². The van der Waals surface area contributed by atoms with Crippen LogP contribution >= 0.6 is 0 Å². The maximum atomic E-state index is 12.4. The average Bonchev–Trinajstić information content (AvgIpc) is 3.20. The summed E-state index contributed by atoms with van der Waals surface area (Å²) in [6.07, 6.45) is 5.96. The van der Waals surface area contributed by atoms with Gasteiger partial charge in [-0.1, -0.05) is 42.5 Å². The predicted molar refractivity (Wildman–Crippen MR) is 107 cm³/mol. The van der Waals surface area contributed by atoms with Crippen LogP contribution in [0.3, 0.4) is 0 Å². The van der Waals surface area contributed by atoms with Crippen LogP contribution in [-0.4, -0.2) is 71.4 Å². The fourth-order valence-electron chi connectivity index (χ4n) is 4.15. The number of nitrogens with zero attached hydrogens (tertiary/aromatic N) is 3. The van der Waals surface area contributed by atoms with E-state index in [1.165, 1.54) is 5.56 Å². The van der Waals surface area contributed by atoms with Gasteiger partial charge in [0.15, 0.2) is 9.84 Å². The first-order chi connectivity index (χ1) is 13.0. The summed E-state index contributed by atoms with van der Waals surface area (Å²) in [5.74, 6) is 0.507. The Morgan fingerprint density at radius 2 is 1.85 bits per heavy atom. The fraction of sp³-hybridized carbons (Fsp3) is 0.450. The van der Waals surface area contributed by atoms with Gasteiger partial charge in [0.2, 0.25) is 0 Å². The number of sulfone groups is 1. The van der Waals surface area contributed by atoms with Crippen LogP contribution in [0.25, 0.3) is 6.08 Å². The fourth-order valence-corrected chi connectivity index (χ4v) is 6.19. The SMILES string of the molecule is Cc1[nH]cnc1CN1CCN(C/C=C/c2ccccc2)[C@@H]2CS(=O)(=O)C[C@@H]21. The van der Waals surface area contributed by atoms with Gasteiger partial charge in [0, 0.05) is 44.0 Å². The molecule has 3 heterocycles. The summed E-state index contributed by atoms with van der Waals surface area (Å²) in [7, 11) is -3.00. The van der Waals surface area contributed by atoms with Crippen LogP contribution in [0.1, 0.15) is 17.0 Å². The molecular formula is C20H26N4O2S. The van der Waals surface area contributed by atoms with Crippen LogP contribution in [0.15, 0.2) is 42.7 Å². The molecule has 2 aliphatic rings. The summed E-state index contributed by atoms with van der Waals surface area (Å²) in [4.78, 5) is 12.1.